The first-order valence-corrected chi connectivity index (χ1v) is 5.53. The van der Waals surface area contributed by atoms with Crippen LogP contribution in [0.3, 0.4) is 0 Å². The third kappa shape index (κ3) is 2.28. The molecule has 0 aliphatic carbocycles. The number of anilines is 2. The van der Waals surface area contributed by atoms with Crippen LogP contribution in [0.1, 0.15) is 0 Å². The predicted molar refractivity (Wildman–Crippen MR) is 69.5 cm³/mol. The molecule has 2 rings (SSSR count). The molecule has 2 aromatic rings. The molecule has 4 heteroatoms. The van der Waals surface area contributed by atoms with Gasteiger partial charge in [0.15, 0.2) is 5.75 Å². The molecule has 3 nitrogen and oxygen atoms in total. The summed E-state index contributed by atoms with van der Waals surface area (Å²) in [5.41, 5.74) is 12.5. The summed E-state index contributed by atoms with van der Waals surface area (Å²) in [6, 6.07) is 12.8. The molecule has 4 N–H and O–H groups in total. The monoisotopic (exact) mass is 278 g/mol. The first kappa shape index (κ1) is 10.8. The molecule has 0 saturated heterocycles. The molecule has 0 aliphatic heterocycles. The summed E-state index contributed by atoms with van der Waals surface area (Å²) in [5.74, 6) is 1.29. The van der Waals surface area contributed by atoms with E-state index in [-0.39, 0.29) is 0 Å². The molecule has 0 atom stereocenters. The van der Waals surface area contributed by atoms with E-state index < -0.39 is 0 Å². The van der Waals surface area contributed by atoms with Gasteiger partial charge in [0.2, 0.25) is 0 Å². The van der Waals surface area contributed by atoms with Crippen LogP contribution in [0.5, 0.6) is 11.5 Å². The minimum Gasteiger partial charge on any atom is -0.455 e. The van der Waals surface area contributed by atoms with Crippen molar-refractivity contribution in [1.29, 1.82) is 0 Å². The molecule has 16 heavy (non-hydrogen) atoms. The molecule has 0 spiro atoms. The minimum absolute atomic E-state index is 0.463. The molecular formula is C12H11BrN2O. The van der Waals surface area contributed by atoms with Crippen molar-refractivity contribution in [2.45, 2.75) is 0 Å². The van der Waals surface area contributed by atoms with Crippen molar-refractivity contribution in [3.05, 3.63) is 46.9 Å². The van der Waals surface area contributed by atoms with E-state index in [1.165, 1.54) is 0 Å². The van der Waals surface area contributed by atoms with Gasteiger partial charge in [-0.3, -0.25) is 0 Å². The van der Waals surface area contributed by atoms with Crippen LogP contribution in [0.15, 0.2) is 46.9 Å². The number of hydrogen-bond acceptors (Lipinski definition) is 3. The molecular weight excluding hydrogens is 268 g/mol. The minimum atomic E-state index is 0.463. The fraction of sp³-hybridized carbons (Fsp3) is 0. The second-order valence-corrected chi connectivity index (χ2v) is 4.23. The van der Waals surface area contributed by atoms with Crippen LogP contribution in [0.25, 0.3) is 0 Å². The van der Waals surface area contributed by atoms with Crippen LogP contribution in [0.4, 0.5) is 11.4 Å². The standard InChI is InChI=1S/C12H11BrN2O/c13-8-4-6-9(7-5-8)16-11-3-1-2-10(14)12(11)15/h1-7H,14-15H2. The first-order valence-electron chi connectivity index (χ1n) is 4.74. The van der Waals surface area contributed by atoms with Gasteiger partial charge in [0.05, 0.1) is 11.4 Å². The fourth-order valence-electron chi connectivity index (χ4n) is 1.28. The van der Waals surface area contributed by atoms with Crippen molar-refractivity contribution in [3.63, 3.8) is 0 Å². The van der Waals surface area contributed by atoms with Gasteiger partial charge in [-0.15, -0.1) is 0 Å². The number of rotatable bonds is 2. The maximum absolute atomic E-state index is 5.80. The van der Waals surface area contributed by atoms with Gasteiger partial charge in [-0.25, -0.2) is 0 Å². The number of benzene rings is 2. The Bertz CT molecular complexity index is 497. The molecule has 0 bridgehead atoms. The van der Waals surface area contributed by atoms with Crippen LogP contribution >= 0.6 is 15.9 Å². The van der Waals surface area contributed by atoms with Gasteiger partial charge in [0, 0.05) is 4.47 Å². The number of para-hydroxylation sites is 1. The molecule has 82 valence electrons. The van der Waals surface area contributed by atoms with Crippen molar-refractivity contribution < 1.29 is 4.74 Å². The van der Waals surface area contributed by atoms with Crippen LogP contribution < -0.4 is 16.2 Å². The molecule has 0 radical (unpaired) electrons. The zero-order valence-corrected chi connectivity index (χ0v) is 10.1. The van der Waals surface area contributed by atoms with Gasteiger partial charge in [-0.2, -0.15) is 0 Å². The maximum Gasteiger partial charge on any atom is 0.152 e. The largest absolute Gasteiger partial charge is 0.455 e. The third-order valence-electron chi connectivity index (χ3n) is 2.14. The topological polar surface area (TPSA) is 61.3 Å². The number of nitrogen functional groups attached to an aromatic ring is 2. The normalized spacial score (nSPS) is 10.1. The van der Waals surface area contributed by atoms with Crippen molar-refractivity contribution in [2.24, 2.45) is 0 Å². The Kier molecular flexibility index (Phi) is 3.01. The molecule has 0 amide bonds. The van der Waals surface area contributed by atoms with Crippen molar-refractivity contribution in [1.82, 2.24) is 0 Å². The Morgan fingerprint density at radius 2 is 1.62 bits per heavy atom. The van der Waals surface area contributed by atoms with Crippen molar-refractivity contribution in [2.75, 3.05) is 11.5 Å². The van der Waals surface area contributed by atoms with E-state index in [4.69, 9.17) is 16.2 Å². The van der Waals surface area contributed by atoms with Gasteiger partial charge in [0.25, 0.3) is 0 Å². The van der Waals surface area contributed by atoms with Crippen molar-refractivity contribution >= 4 is 27.3 Å². The van der Waals surface area contributed by atoms with E-state index in [1.54, 1.807) is 18.2 Å². The molecule has 0 fully saturated rings. The number of nitrogens with two attached hydrogens (primary N) is 2. The van der Waals surface area contributed by atoms with E-state index in [9.17, 15) is 0 Å². The summed E-state index contributed by atoms with van der Waals surface area (Å²) in [4.78, 5) is 0. The van der Waals surface area contributed by atoms with Crippen LogP contribution in [-0.2, 0) is 0 Å². The summed E-state index contributed by atoms with van der Waals surface area (Å²) >= 11 is 3.36. The van der Waals surface area contributed by atoms with Gasteiger partial charge >= 0.3 is 0 Å². The lowest BCUT2D eigenvalue weighted by molar-refractivity contribution is 0.485. The Labute approximate surface area is 102 Å². The molecule has 0 aromatic heterocycles. The molecule has 0 heterocycles. The fourth-order valence-corrected chi connectivity index (χ4v) is 1.54. The first-order chi connectivity index (χ1) is 7.66. The van der Waals surface area contributed by atoms with Crippen LogP contribution in [0.2, 0.25) is 0 Å². The van der Waals surface area contributed by atoms with E-state index in [0.29, 0.717) is 17.1 Å². The van der Waals surface area contributed by atoms with Crippen LogP contribution in [0, 0.1) is 0 Å². The second kappa shape index (κ2) is 4.45. The summed E-state index contributed by atoms with van der Waals surface area (Å²) in [5, 5.41) is 0. The smallest absolute Gasteiger partial charge is 0.152 e. The van der Waals surface area contributed by atoms with E-state index in [0.717, 1.165) is 10.2 Å². The van der Waals surface area contributed by atoms with Gasteiger partial charge in [-0.05, 0) is 36.4 Å². The third-order valence-corrected chi connectivity index (χ3v) is 2.67. The van der Waals surface area contributed by atoms with E-state index in [2.05, 4.69) is 15.9 Å². The Balaban J connectivity index is 2.27. The number of hydrogen-bond donors (Lipinski definition) is 2. The lowest BCUT2D eigenvalue weighted by atomic mass is 10.2. The Morgan fingerprint density at radius 1 is 0.938 bits per heavy atom. The maximum atomic E-state index is 5.80. The average molecular weight is 279 g/mol. The Morgan fingerprint density at radius 3 is 2.31 bits per heavy atom. The zero-order valence-electron chi connectivity index (χ0n) is 8.48. The van der Waals surface area contributed by atoms with E-state index >= 15 is 0 Å². The quantitative estimate of drug-likeness (QED) is 0.828. The molecule has 0 saturated carbocycles. The van der Waals surface area contributed by atoms with Gasteiger partial charge in [-0.1, -0.05) is 22.0 Å². The highest BCUT2D eigenvalue weighted by Crippen LogP contribution is 2.31. The lowest BCUT2D eigenvalue weighted by Gasteiger charge is -2.09. The summed E-state index contributed by atoms with van der Waals surface area (Å²) in [6.45, 7) is 0. The average Bonchev–Trinajstić information content (AvgIpc) is 2.28. The summed E-state index contributed by atoms with van der Waals surface area (Å²) < 4.78 is 6.62. The Hall–Kier alpha value is -1.68. The SMILES string of the molecule is Nc1cccc(Oc2ccc(Br)cc2)c1N. The number of ether oxygens (including phenoxy) is 1. The molecule has 0 aliphatic rings. The highest BCUT2D eigenvalue weighted by Gasteiger charge is 2.04. The van der Waals surface area contributed by atoms with Crippen molar-refractivity contribution in [3.8, 4) is 11.5 Å². The zero-order chi connectivity index (χ0) is 11.5. The van der Waals surface area contributed by atoms with Crippen LogP contribution in [-0.4, -0.2) is 0 Å². The lowest BCUT2D eigenvalue weighted by Crippen LogP contribution is -1.97. The molecule has 0 unspecified atom stereocenters. The highest BCUT2D eigenvalue weighted by atomic mass is 79.9. The summed E-state index contributed by atoms with van der Waals surface area (Å²) in [6.07, 6.45) is 0. The number of halogens is 1. The van der Waals surface area contributed by atoms with Gasteiger partial charge < -0.3 is 16.2 Å². The van der Waals surface area contributed by atoms with E-state index in [1.807, 2.05) is 24.3 Å². The highest BCUT2D eigenvalue weighted by molar-refractivity contribution is 9.10. The predicted octanol–water partition coefficient (Wildman–Crippen LogP) is 3.41. The second-order valence-electron chi connectivity index (χ2n) is 3.32. The molecule has 2 aromatic carbocycles. The van der Waals surface area contributed by atoms with Gasteiger partial charge in [0.1, 0.15) is 5.75 Å². The summed E-state index contributed by atoms with van der Waals surface area (Å²) in [7, 11) is 0.